The van der Waals surface area contributed by atoms with Crippen LogP contribution in [0.5, 0.6) is 5.88 Å². The molecule has 1 atom stereocenters. The van der Waals surface area contributed by atoms with Gasteiger partial charge in [-0.15, -0.1) is 0 Å². The third-order valence-electron chi connectivity index (χ3n) is 3.10. The molecule has 1 aliphatic rings. The van der Waals surface area contributed by atoms with E-state index in [0.717, 1.165) is 18.5 Å². The molecule has 0 spiro atoms. The molecule has 1 amide bonds. The molecule has 0 N–H and O–H groups in total. The molecule has 1 fully saturated rings. The standard InChI is InChI=1S/C14H20N2O3/c1-3-18-10-14(17)16-7-6-12(9-16)19-13-5-4-11(2)8-15-13/h4-5,8,12H,3,6-7,9-10H2,1-2H3. The van der Waals surface area contributed by atoms with E-state index in [-0.39, 0.29) is 18.6 Å². The summed E-state index contributed by atoms with van der Waals surface area (Å²) in [7, 11) is 0. The number of aromatic nitrogens is 1. The highest BCUT2D eigenvalue weighted by atomic mass is 16.5. The Morgan fingerprint density at radius 1 is 1.53 bits per heavy atom. The molecule has 1 saturated heterocycles. The maximum atomic E-state index is 11.8. The van der Waals surface area contributed by atoms with Gasteiger partial charge in [0.25, 0.3) is 0 Å². The molecule has 1 aromatic heterocycles. The Morgan fingerprint density at radius 3 is 3.05 bits per heavy atom. The highest BCUT2D eigenvalue weighted by Gasteiger charge is 2.27. The fraction of sp³-hybridized carbons (Fsp3) is 0.571. The lowest BCUT2D eigenvalue weighted by Gasteiger charge is -2.16. The van der Waals surface area contributed by atoms with E-state index in [4.69, 9.17) is 9.47 Å². The third-order valence-corrected chi connectivity index (χ3v) is 3.10. The van der Waals surface area contributed by atoms with Crippen molar-refractivity contribution in [2.45, 2.75) is 26.4 Å². The number of amides is 1. The molecule has 0 bridgehead atoms. The SMILES string of the molecule is CCOCC(=O)N1CCC(Oc2ccc(C)cn2)C1. The molecule has 5 nitrogen and oxygen atoms in total. The van der Waals surface area contributed by atoms with Crippen LogP contribution in [0.25, 0.3) is 0 Å². The van der Waals surface area contributed by atoms with Crippen LogP contribution in [0.15, 0.2) is 18.3 Å². The molecule has 2 heterocycles. The van der Waals surface area contributed by atoms with Crippen molar-refractivity contribution in [3.8, 4) is 5.88 Å². The number of carbonyl (C=O) groups is 1. The van der Waals surface area contributed by atoms with E-state index in [1.807, 2.05) is 26.0 Å². The van der Waals surface area contributed by atoms with Crippen LogP contribution in [0.1, 0.15) is 18.9 Å². The van der Waals surface area contributed by atoms with Crippen molar-refractivity contribution in [1.29, 1.82) is 0 Å². The molecule has 0 aliphatic carbocycles. The summed E-state index contributed by atoms with van der Waals surface area (Å²) >= 11 is 0. The minimum Gasteiger partial charge on any atom is -0.472 e. The molecule has 1 aliphatic heterocycles. The predicted molar refractivity (Wildman–Crippen MR) is 71.1 cm³/mol. The molecule has 2 rings (SSSR count). The van der Waals surface area contributed by atoms with Gasteiger partial charge in [0.2, 0.25) is 11.8 Å². The van der Waals surface area contributed by atoms with Gasteiger partial charge < -0.3 is 14.4 Å². The molecular weight excluding hydrogens is 244 g/mol. The van der Waals surface area contributed by atoms with Gasteiger partial charge in [-0.25, -0.2) is 4.98 Å². The number of nitrogens with zero attached hydrogens (tertiary/aromatic N) is 2. The largest absolute Gasteiger partial charge is 0.472 e. The number of carbonyl (C=O) groups excluding carboxylic acids is 1. The monoisotopic (exact) mass is 264 g/mol. The lowest BCUT2D eigenvalue weighted by Crippen LogP contribution is -2.33. The second kappa shape index (κ2) is 6.52. The van der Waals surface area contributed by atoms with E-state index in [9.17, 15) is 4.79 Å². The lowest BCUT2D eigenvalue weighted by atomic mass is 10.3. The number of pyridine rings is 1. The minimum atomic E-state index is 0.0285. The summed E-state index contributed by atoms with van der Waals surface area (Å²) < 4.78 is 10.9. The zero-order valence-electron chi connectivity index (χ0n) is 11.5. The smallest absolute Gasteiger partial charge is 0.248 e. The van der Waals surface area contributed by atoms with Crippen LogP contribution in [-0.2, 0) is 9.53 Å². The molecule has 1 unspecified atom stereocenters. The quantitative estimate of drug-likeness (QED) is 0.807. The van der Waals surface area contributed by atoms with Crippen LogP contribution in [-0.4, -0.2) is 48.2 Å². The Balaban J connectivity index is 1.81. The predicted octanol–water partition coefficient (Wildman–Crippen LogP) is 1.41. The summed E-state index contributed by atoms with van der Waals surface area (Å²) in [5.41, 5.74) is 1.10. The van der Waals surface area contributed by atoms with E-state index in [1.165, 1.54) is 0 Å². The summed E-state index contributed by atoms with van der Waals surface area (Å²) in [6.45, 7) is 5.93. The molecule has 0 aromatic carbocycles. The summed E-state index contributed by atoms with van der Waals surface area (Å²) in [6, 6.07) is 3.83. The Morgan fingerprint density at radius 2 is 2.37 bits per heavy atom. The maximum absolute atomic E-state index is 11.8. The average Bonchev–Trinajstić information content (AvgIpc) is 2.87. The van der Waals surface area contributed by atoms with Gasteiger partial charge in [-0.1, -0.05) is 6.07 Å². The fourth-order valence-electron chi connectivity index (χ4n) is 2.03. The number of rotatable bonds is 5. The van der Waals surface area contributed by atoms with Gasteiger partial charge in [0.15, 0.2) is 0 Å². The summed E-state index contributed by atoms with van der Waals surface area (Å²) in [4.78, 5) is 17.8. The van der Waals surface area contributed by atoms with E-state index < -0.39 is 0 Å². The zero-order valence-corrected chi connectivity index (χ0v) is 11.5. The maximum Gasteiger partial charge on any atom is 0.248 e. The van der Waals surface area contributed by atoms with Gasteiger partial charge in [-0.05, 0) is 19.4 Å². The second-order valence-electron chi connectivity index (χ2n) is 4.68. The number of hydrogen-bond acceptors (Lipinski definition) is 4. The van der Waals surface area contributed by atoms with Gasteiger partial charge in [-0.2, -0.15) is 0 Å². The third kappa shape index (κ3) is 3.92. The first-order valence-electron chi connectivity index (χ1n) is 6.64. The molecule has 5 heteroatoms. The van der Waals surface area contributed by atoms with Crippen LogP contribution < -0.4 is 4.74 Å². The topological polar surface area (TPSA) is 51.7 Å². The molecular formula is C14H20N2O3. The van der Waals surface area contributed by atoms with Crippen LogP contribution >= 0.6 is 0 Å². The van der Waals surface area contributed by atoms with E-state index >= 15 is 0 Å². The highest BCUT2D eigenvalue weighted by molar-refractivity contribution is 5.77. The van der Waals surface area contributed by atoms with Gasteiger partial charge in [-0.3, -0.25) is 4.79 Å². The molecule has 1 aromatic rings. The van der Waals surface area contributed by atoms with Gasteiger partial charge >= 0.3 is 0 Å². The lowest BCUT2D eigenvalue weighted by molar-refractivity contribution is -0.135. The first kappa shape index (κ1) is 13.8. The van der Waals surface area contributed by atoms with Crippen molar-refractivity contribution in [3.05, 3.63) is 23.9 Å². The van der Waals surface area contributed by atoms with Crippen molar-refractivity contribution < 1.29 is 14.3 Å². The van der Waals surface area contributed by atoms with E-state index in [2.05, 4.69) is 4.98 Å². The molecule has 0 saturated carbocycles. The summed E-state index contributed by atoms with van der Waals surface area (Å²) in [6.07, 6.45) is 2.65. The number of aryl methyl sites for hydroxylation is 1. The Labute approximate surface area is 113 Å². The van der Waals surface area contributed by atoms with Crippen LogP contribution in [0.3, 0.4) is 0 Å². The Hall–Kier alpha value is -1.62. The summed E-state index contributed by atoms with van der Waals surface area (Å²) in [5, 5.41) is 0. The number of hydrogen-bond donors (Lipinski definition) is 0. The molecule has 19 heavy (non-hydrogen) atoms. The molecule has 104 valence electrons. The summed E-state index contributed by atoms with van der Waals surface area (Å²) in [5.74, 6) is 0.652. The number of ether oxygens (including phenoxy) is 2. The van der Waals surface area contributed by atoms with Crippen LogP contribution in [0, 0.1) is 6.92 Å². The first-order chi connectivity index (χ1) is 9.19. The number of likely N-dealkylation sites (tertiary alicyclic amines) is 1. The fourth-order valence-corrected chi connectivity index (χ4v) is 2.03. The van der Waals surface area contributed by atoms with Crippen LogP contribution in [0.4, 0.5) is 0 Å². The van der Waals surface area contributed by atoms with Gasteiger partial charge in [0.1, 0.15) is 12.7 Å². The highest BCUT2D eigenvalue weighted by Crippen LogP contribution is 2.16. The van der Waals surface area contributed by atoms with Crippen molar-refractivity contribution in [2.24, 2.45) is 0 Å². The van der Waals surface area contributed by atoms with E-state index in [1.54, 1.807) is 11.1 Å². The van der Waals surface area contributed by atoms with E-state index in [0.29, 0.717) is 19.0 Å². The van der Waals surface area contributed by atoms with Crippen molar-refractivity contribution in [3.63, 3.8) is 0 Å². The van der Waals surface area contributed by atoms with Gasteiger partial charge in [0.05, 0.1) is 6.54 Å². The Bertz CT molecular complexity index is 419. The molecule has 0 radical (unpaired) electrons. The first-order valence-corrected chi connectivity index (χ1v) is 6.64. The normalized spacial score (nSPS) is 18.6. The average molecular weight is 264 g/mol. The van der Waals surface area contributed by atoms with Gasteiger partial charge in [0, 0.05) is 31.8 Å². The van der Waals surface area contributed by atoms with Crippen molar-refractivity contribution in [2.75, 3.05) is 26.3 Å². The second-order valence-corrected chi connectivity index (χ2v) is 4.68. The van der Waals surface area contributed by atoms with Crippen molar-refractivity contribution in [1.82, 2.24) is 9.88 Å². The van der Waals surface area contributed by atoms with Crippen LogP contribution in [0.2, 0.25) is 0 Å². The minimum absolute atomic E-state index is 0.0285. The Kier molecular flexibility index (Phi) is 4.74. The van der Waals surface area contributed by atoms with Crippen molar-refractivity contribution >= 4 is 5.91 Å². The zero-order chi connectivity index (χ0) is 13.7.